The summed E-state index contributed by atoms with van der Waals surface area (Å²) >= 11 is 1.41. The average molecular weight is 377 g/mol. The molecule has 0 radical (unpaired) electrons. The second-order valence-corrected chi connectivity index (χ2v) is 7.25. The van der Waals surface area contributed by atoms with E-state index >= 15 is 0 Å². The lowest BCUT2D eigenvalue weighted by atomic mass is 9.96. The van der Waals surface area contributed by atoms with Gasteiger partial charge in [-0.3, -0.25) is 9.69 Å². The second-order valence-electron chi connectivity index (χ2n) is 6.31. The van der Waals surface area contributed by atoms with Gasteiger partial charge >= 0.3 is 0 Å². The Morgan fingerprint density at radius 2 is 2.00 bits per heavy atom. The SMILES string of the molecule is [2H]C([2H])(C)C(=O)N(c1ccccc1)C1(OC)CCN(CC([2H])([2H])c2cccs2)CC1. The Hall–Kier alpha value is -1.69. The van der Waals surface area contributed by atoms with E-state index in [0.717, 1.165) is 0 Å². The Kier molecular flexibility index (Phi) is 4.87. The Morgan fingerprint density at radius 3 is 2.58 bits per heavy atom. The van der Waals surface area contributed by atoms with Crippen LogP contribution in [0.1, 0.15) is 36.5 Å². The Morgan fingerprint density at radius 1 is 1.27 bits per heavy atom. The molecular weight excluding hydrogens is 344 g/mol. The molecule has 0 N–H and O–H groups in total. The summed E-state index contributed by atoms with van der Waals surface area (Å²) in [5.74, 6) is -0.641. The van der Waals surface area contributed by atoms with Crippen LogP contribution in [-0.2, 0) is 15.9 Å². The lowest BCUT2D eigenvalue weighted by Gasteiger charge is -2.47. The first-order valence-electron chi connectivity index (χ1n) is 10.8. The van der Waals surface area contributed by atoms with Gasteiger partial charge in [0.2, 0.25) is 5.91 Å². The molecule has 2 aromatic rings. The molecule has 0 spiro atoms. The molecule has 140 valence electrons. The molecular formula is C21H28N2O2S. The van der Waals surface area contributed by atoms with E-state index in [4.69, 9.17) is 10.2 Å². The maximum atomic E-state index is 13.1. The van der Waals surface area contributed by atoms with Crippen molar-refractivity contribution in [3.8, 4) is 0 Å². The van der Waals surface area contributed by atoms with Gasteiger partial charge in [-0.1, -0.05) is 31.2 Å². The predicted molar refractivity (Wildman–Crippen MR) is 108 cm³/mol. The fourth-order valence-corrected chi connectivity index (χ4v) is 3.98. The number of carbonyl (C=O) groups excluding carboxylic acids is 1. The van der Waals surface area contributed by atoms with Gasteiger partial charge in [-0.15, -0.1) is 11.3 Å². The van der Waals surface area contributed by atoms with Crippen LogP contribution in [0.3, 0.4) is 0 Å². The third-order valence-electron chi connectivity index (χ3n) is 4.85. The molecule has 0 atom stereocenters. The van der Waals surface area contributed by atoms with Crippen molar-refractivity contribution in [1.82, 2.24) is 4.90 Å². The van der Waals surface area contributed by atoms with Crippen LogP contribution in [0.5, 0.6) is 0 Å². The number of para-hydroxylation sites is 1. The Bertz CT molecular complexity index is 832. The van der Waals surface area contributed by atoms with Gasteiger partial charge < -0.3 is 9.64 Å². The molecule has 1 aliphatic heterocycles. The molecule has 0 bridgehead atoms. The van der Waals surface area contributed by atoms with Gasteiger partial charge in [0, 0.05) is 62.0 Å². The minimum absolute atomic E-state index is 0.265. The molecule has 5 heteroatoms. The zero-order valence-corrected chi connectivity index (χ0v) is 16.1. The summed E-state index contributed by atoms with van der Waals surface area (Å²) in [5, 5.41) is 1.88. The molecule has 1 amide bonds. The van der Waals surface area contributed by atoms with E-state index in [2.05, 4.69) is 0 Å². The fourth-order valence-electron chi connectivity index (χ4n) is 3.37. The number of thiophene rings is 1. The maximum Gasteiger partial charge on any atom is 0.229 e. The normalized spacial score (nSPS) is 20.5. The highest BCUT2D eigenvalue weighted by Gasteiger charge is 2.42. The van der Waals surface area contributed by atoms with E-state index in [1.54, 1.807) is 19.2 Å². The van der Waals surface area contributed by atoms with Crippen LogP contribution in [0.4, 0.5) is 5.69 Å². The number of piperidine rings is 1. The third-order valence-corrected chi connectivity index (χ3v) is 5.68. The second kappa shape index (κ2) is 8.80. The van der Waals surface area contributed by atoms with E-state index in [1.807, 2.05) is 40.6 Å². The standard InChI is InChI=1S/C21H28N2O2S/c1-3-20(24)23(18-8-5-4-6-9-18)21(25-2)12-15-22(16-13-21)14-11-19-10-7-17-26-19/h4-10,17H,3,11-16H2,1-2H3/i3D2,11D2. The van der Waals surface area contributed by atoms with Gasteiger partial charge in [0.05, 0.1) is 0 Å². The van der Waals surface area contributed by atoms with Crippen LogP contribution in [0, 0.1) is 0 Å². The largest absolute Gasteiger partial charge is 0.358 e. The number of nitrogens with zero attached hydrogens (tertiary/aromatic N) is 2. The highest BCUT2D eigenvalue weighted by molar-refractivity contribution is 7.09. The van der Waals surface area contributed by atoms with E-state index in [0.29, 0.717) is 36.5 Å². The van der Waals surface area contributed by atoms with Crippen LogP contribution in [0.15, 0.2) is 47.8 Å². The number of carbonyl (C=O) groups is 1. The summed E-state index contributed by atoms with van der Waals surface area (Å²) in [6.07, 6.45) is -2.58. The summed E-state index contributed by atoms with van der Waals surface area (Å²) in [4.78, 5) is 17.3. The van der Waals surface area contributed by atoms with Gasteiger partial charge in [-0.25, -0.2) is 0 Å². The summed E-state index contributed by atoms with van der Waals surface area (Å²) in [7, 11) is 1.55. The number of amides is 1. The smallest absolute Gasteiger partial charge is 0.229 e. The first-order chi connectivity index (χ1) is 14.1. The number of benzene rings is 1. The topological polar surface area (TPSA) is 32.8 Å². The highest BCUT2D eigenvalue weighted by atomic mass is 32.1. The number of methoxy groups -OCH3 is 1. The van der Waals surface area contributed by atoms with Gasteiger partial charge in [-0.2, -0.15) is 0 Å². The summed E-state index contributed by atoms with van der Waals surface area (Å²) < 4.78 is 38.7. The minimum Gasteiger partial charge on any atom is -0.358 e. The van der Waals surface area contributed by atoms with E-state index in [9.17, 15) is 4.79 Å². The summed E-state index contributed by atoms with van der Waals surface area (Å²) in [5.41, 5.74) is -0.383. The molecule has 26 heavy (non-hydrogen) atoms. The van der Waals surface area contributed by atoms with Crippen molar-refractivity contribution in [2.75, 3.05) is 31.6 Å². The van der Waals surface area contributed by atoms with Gasteiger partial charge in [-0.05, 0) is 30.0 Å². The molecule has 1 fully saturated rings. The van der Waals surface area contributed by atoms with Crippen molar-refractivity contribution >= 4 is 22.9 Å². The van der Waals surface area contributed by atoms with Crippen molar-refractivity contribution in [3.63, 3.8) is 0 Å². The molecule has 1 aliphatic rings. The molecule has 0 unspecified atom stereocenters. The first kappa shape index (κ1) is 14.4. The molecule has 1 saturated heterocycles. The Labute approximate surface area is 166 Å². The van der Waals surface area contributed by atoms with Crippen molar-refractivity contribution in [2.45, 2.75) is 38.2 Å². The van der Waals surface area contributed by atoms with Crippen molar-refractivity contribution in [2.24, 2.45) is 0 Å². The highest BCUT2D eigenvalue weighted by Crippen LogP contribution is 2.34. The van der Waals surface area contributed by atoms with E-state index in [-0.39, 0.29) is 6.54 Å². The molecule has 0 saturated carbocycles. The molecule has 0 aliphatic carbocycles. The minimum atomic E-state index is -2.05. The Balaban J connectivity index is 1.82. The number of ether oxygens (including phenoxy) is 1. The molecule has 3 rings (SSSR count). The van der Waals surface area contributed by atoms with Crippen LogP contribution in [0.25, 0.3) is 0 Å². The summed E-state index contributed by atoms with van der Waals surface area (Å²) in [6, 6.07) is 12.7. The van der Waals surface area contributed by atoms with Crippen LogP contribution in [0.2, 0.25) is 0 Å². The van der Waals surface area contributed by atoms with Gasteiger partial charge in [0.25, 0.3) is 0 Å². The first-order valence-corrected chi connectivity index (χ1v) is 9.68. The molecule has 1 aromatic carbocycles. The van der Waals surface area contributed by atoms with Crippen molar-refractivity contribution < 1.29 is 15.0 Å². The van der Waals surface area contributed by atoms with Crippen LogP contribution >= 0.6 is 11.3 Å². The maximum absolute atomic E-state index is 13.1. The van der Waals surface area contributed by atoms with Gasteiger partial charge in [0.1, 0.15) is 5.72 Å². The number of anilines is 1. The monoisotopic (exact) mass is 376 g/mol. The number of hydrogen-bond acceptors (Lipinski definition) is 4. The number of rotatable bonds is 7. The number of hydrogen-bond donors (Lipinski definition) is 0. The van der Waals surface area contributed by atoms with Crippen LogP contribution < -0.4 is 4.90 Å². The van der Waals surface area contributed by atoms with Crippen LogP contribution in [-0.4, -0.2) is 43.3 Å². The molecule has 2 heterocycles. The fraction of sp³-hybridized carbons (Fsp3) is 0.476. The van der Waals surface area contributed by atoms with Gasteiger partial charge in [0.15, 0.2) is 0 Å². The van der Waals surface area contributed by atoms with Crippen molar-refractivity contribution in [1.29, 1.82) is 0 Å². The predicted octanol–water partition coefficient (Wildman–Crippen LogP) is 4.17. The average Bonchev–Trinajstić information content (AvgIpc) is 3.25. The lowest BCUT2D eigenvalue weighted by Crippen LogP contribution is -2.59. The molecule has 4 nitrogen and oxygen atoms in total. The van der Waals surface area contributed by atoms with E-state index < -0.39 is 24.4 Å². The zero-order chi connectivity index (χ0) is 22.0. The van der Waals surface area contributed by atoms with Crippen molar-refractivity contribution in [3.05, 3.63) is 52.7 Å². The zero-order valence-electron chi connectivity index (χ0n) is 19.3. The summed E-state index contributed by atoms with van der Waals surface area (Å²) in [6.45, 7) is 2.62. The quantitative estimate of drug-likeness (QED) is 0.680. The molecule has 1 aromatic heterocycles. The lowest BCUT2D eigenvalue weighted by molar-refractivity contribution is -0.128. The van der Waals surface area contributed by atoms with E-state index in [1.165, 1.54) is 23.2 Å². The number of likely N-dealkylation sites (tertiary alicyclic amines) is 1. The third kappa shape index (κ3) is 4.17.